The first-order chi connectivity index (χ1) is 27.2. The quantitative estimate of drug-likeness (QED) is 0.0902. The van der Waals surface area contributed by atoms with E-state index in [-0.39, 0.29) is 0 Å². The molecular weight excluding hydrogens is 1770 g/mol. The maximum absolute atomic E-state index is 11.3. The van der Waals surface area contributed by atoms with Crippen LogP contribution in [-0.4, -0.2) is 95.1 Å². The monoisotopic (exact) mass is 1750 g/mol. The Hall–Kier alpha value is 12.0. The molecule has 0 aliphatic carbocycles. The van der Waals surface area contributed by atoms with E-state index >= 15 is 0 Å². The summed E-state index contributed by atoms with van der Waals surface area (Å²) < 4.78 is -45.9. The second-order valence-corrected chi connectivity index (χ2v) is 39.6. The fourth-order valence-electron chi connectivity index (χ4n) is 3.65. The van der Waals surface area contributed by atoms with Crippen LogP contribution < -0.4 is 0 Å². The first kappa shape index (κ1) is 77.0. The molecule has 1 atom stereocenters. The van der Waals surface area contributed by atoms with Crippen LogP contribution in [0.3, 0.4) is 0 Å². The summed E-state index contributed by atoms with van der Waals surface area (Å²) in [6.45, 7) is 0. The van der Waals surface area contributed by atoms with Crippen LogP contribution >= 0.6 is 476 Å². The minimum Gasteiger partial charge on any atom is -0.750 e. The first-order valence-electron chi connectivity index (χ1n) is 13.2. The predicted octanol–water partition coefficient (Wildman–Crippen LogP) is 23.4. The van der Waals surface area contributed by atoms with Gasteiger partial charge in [0, 0.05) is 0 Å². The van der Waals surface area contributed by atoms with E-state index < -0.39 is 97.7 Å². The molecule has 0 rings (SSSR count). The number of rotatable bonds is 20. The van der Waals surface area contributed by atoms with Crippen LogP contribution in [0.2, 0.25) is 0 Å². The first-order valence-corrected chi connectivity index (χ1v) is 29.7. The van der Waals surface area contributed by atoms with Crippen molar-refractivity contribution in [3.8, 4) is 0 Å². The van der Waals surface area contributed by atoms with Gasteiger partial charge in [0.2, 0.25) is 12.5 Å². The van der Waals surface area contributed by atoms with Gasteiger partial charge >= 0.3 is 0 Å². The molecule has 65 heavy (non-hydrogen) atoms. The second-order valence-electron chi connectivity index (χ2n) is 11.6. The van der Waals surface area contributed by atoms with Gasteiger partial charge in [-0.2, -0.15) is 0 Å². The van der Waals surface area contributed by atoms with Gasteiger partial charge in [-0.3, -0.25) is 4.18 Å². The maximum Gasteiger partial charge on any atom is 0.267 e. The number of halogens is 41. The molecule has 0 radical (unpaired) electrons. The van der Waals surface area contributed by atoms with E-state index in [0.717, 1.165) is 0 Å². The summed E-state index contributed by atoms with van der Waals surface area (Å²) in [6, 6.07) is 0. The van der Waals surface area contributed by atoms with E-state index in [1.807, 2.05) is 0 Å². The molecule has 0 fully saturated rings. The molecule has 0 N–H and O–H groups in total. The molecule has 0 bridgehead atoms. The standard InChI is InChI=1S/C20HCl41O3S/c21-1(22,3(25,26)5(29,30)7(33,34)9(37,38)11(41,42)13(45,46)15(49,50)17(53,54)19(57,58)59)2(23,24)4(27,28)6(31,32)8(35,36)10(39,40)12(43,44)14(47,48)16(51,52)18(55,56)20(60,61)64-65(62)63/h(H,62,63)/p-1. The summed E-state index contributed by atoms with van der Waals surface area (Å²) in [6.07, 6.45) is 0. The minimum absolute atomic E-state index is 2.92. The molecule has 1 unspecified atom stereocenters. The molecule has 0 aliphatic rings. The summed E-state index contributed by atoms with van der Waals surface area (Å²) in [5.74, 6) is 0. The van der Waals surface area contributed by atoms with E-state index in [1.165, 1.54) is 0 Å². The van der Waals surface area contributed by atoms with Crippen LogP contribution in [0.4, 0.5) is 0 Å². The Kier molecular flexibility index (Phi) is 27.3. The summed E-state index contributed by atoms with van der Waals surface area (Å²) in [4.78, 5) is 0. The lowest BCUT2D eigenvalue weighted by Crippen LogP contribution is -2.76. The zero-order chi connectivity index (χ0) is 54.3. The summed E-state index contributed by atoms with van der Waals surface area (Å²) in [5, 5.41) is 0. The largest absolute Gasteiger partial charge is 0.750 e. The van der Waals surface area contributed by atoms with E-state index in [1.54, 1.807) is 0 Å². The van der Waals surface area contributed by atoms with Crippen LogP contribution in [0.25, 0.3) is 0 Å². The molecule has 392 valence electrons. The van der Waals surface area contributed by atoms with Crippen LogP contribution in [0.15, 0.2) is 0 Å². The molecular formula is C20Cl41O3S-. The van der Waals surface area contributed by atoms with Gasteiger partial charge in [0.25, 0.3) is 4.52 Å². The predicted molar refractivity (Wildman–Crippen MR) is 305 cm³/mol. The van der Waals surface area contributed by atoms with Gasteiger partial charge in [-0.15, -0.1) is 0 Å². The summed E-state index contributed by atoms with van der Waals surface area (Å²) in [7, 11) is 0. The molecule has 0 aliphatic heterocycles. The zero-order valence-electron chi connectivity index (χ0n) is 27.1. The molecule has 3 nitrogen and oxygen atoms in total. The number of hydrogen-bond acceptors (Lipinski definition) is 3. The highest BCUT2D eigenvalue weighted by molar-refractivity contribution is 7.74. The van der Waals surface area contributed by atoms with Crippen molar-refractivity contribution in [3.63, 3.8) is 0 Å². The van der Waals surface area contributed by atoms with E-state index in [4.69, 9.17) is 476 Å². The normalized spacial score (nSPS) is 17.8. The molecule has 0 heterocycles. The van der Waals surface area contributed by atoms with E-state index in [9.17, 15) is 8.76 Å². The van der Waals surface area contributed by atoms with Crippen molar-refractivity contribution in [2.75, 3.05) is 0 Å². The van der Waals surface area contributed by atoms with Crippen molar-refractivity contribution in [2.24, 2.45) is 0 Å². The Morgan fingerprint density at radius 3 is 0.431 bits per heavy atom. The molecule has 0 spiro atoms. The topological polar surface area (TPSA) is 49.4 Å². The third-order valence-electron chi connectivity index (χ3n) is 7.60. The SMILES string of the molecule is O=S([O-])OC(Cl)(Cl)C(Cl)(Cl)C(Cl)(Cl)C(Cl)(Cl)C(Cl)(Cl)C(Cl)(Cl)C(Cl)(Cl)C(Cl)(Cl)C(Cl)(Cl)C(Cl)(Cl)C(Cl)(Cl)C(Cl)(Cl)C(Cl)(Cl)C(Cl)(Cl)C(Cl)(Cl)C(Cl)(Cl)C(Cl)(Cl)C(Cl)(Cl)C(Cl)(Cl)C(Cl)(Cl)Cl. The fraction of sp³-hybridized carbons (Fsp3) is 1.00. The number of alkyl halides is 41. The lowest BCUT2D eigenvalue weighted by molar-refractivity contribution is 0.205. The fourth-order valence-corrected chi connectivity index (χ4v) is 18.3. The average Bonchev–Trinajstić information content (AvgIpc) is 3.05. The molecule has 0 aromatic rings. The molecule has 0 amide bonds. The van der Waals surface area contributed by atoms with Gasteiger partial charge < -0.3 is 4.55 Å². The third-order valence-corrected chi connectivity index (χ3v) is 37.7. The Balaban J connectivity index is 8.00. The van der Waals surface area contributed by atoms with Crippen molar-refractivity contribution in [1.82, 2.24) is 0 Å². The van der Waals surface area contributed by atoms with Crippen LogP contribution in [0, 0.1) is 0 Å². The average molecular weight is 1770 g/mol. The molecule has 0 aromatic heterocycles. The lowest BCUT2D eigenvalue weighted by atomic mass is 9.96. The van der Waals surface area contributed by atoms with Crippen molar-refractivity contribution < 1.29 is 12.9 Å². The van der Waals surface area contributed by atoms with Crippen molar-refractivity contribution in [2.45, 2.75) is 86.3 Å². The van der Waals surface area contributed by atoms with Gasteiger partial charge in [-0.25, -0.2) is 4.21 Å². The van der Waals surface area contributed by atoms with Crippen LogP contribution in [-0.2, 0) is 15.5 Å². The van der Waals surface area contributed by atoms with Gasteiger partial charge in [-0.05, 0) is 0 Å². The molecule has 0 saturated heterocycles. The van der Waals surface area contributed by atoms with Crippen LogP contribution in [0.1, 0.15) is 0 Å². The Morgan fingerprint density at radius 1 is 0.215 bits per heavy atom. The van der Waals surface area contributed by atoms with Crippen molar-refractivity contribution in [1.29, 1.82) is 0 Å². The third kappa shape index (κ3) is 11.8. The van der Waals surface area contributed by atoms with Crippen molar-refractivity contribution in [3.05, 3.63) is 0 Å². The van der Waals surface area contributed by atoms with Gasteiger partial charge in [-0.1, -0.05) is 476 Å². The second kappa shape index (κ2) is 23.1. The molecule has 45 heteroatoms. The van der Waals surface area contributed by atoms with E-state index in [2.05, 4.69) is 4.18 Å². The minimum atomic E-state index is -3.85. The summed E-state index contributed by atoms with van der Waals surface area (Å²) in [5.41, 5.74) is 0. The van der Waals surface area contributed by atoms with Gasteiger partial charge in [0.15, 0.2) is 69.3 Å². The molecule has 0 aromatic carbocycles. The maximum atomic E-state index is 11.3. The smallest absolute Gasteiger partial charge is 0.267 e. The lowest BCUT2D eigenvalue weighted by Gasteiger charge is -2.59. The van der Waals surface area contributed by atoms with Gasteiger partial charge in [0.1, 0.15) is 0 Å². The summed E-state index contributed by atoms with van der Waals surface area (Å²) >= 11 is 258. The zero-order valence-corrected chi connectivity index (χ0v) is 58.9. The molecule has 0 saturated carbocycles. The highest BCUT2D eigenvalue weighted by Crippen LogP contribution is 2.79. The highest BCUT2D eigenvalue weighted by atomic mass is 35.6. The van der Waals surface area contributed by atoms with Crippen LogP contribution in [0.5, 0.6) is 0 Å². The Labute approximate surface area is 576 Å². The van der Waals surface area contributed by atoms with Gasteiger partial charge in [0.05, 0.1) is 11.4 Å². The van der Waals surface area contributed by atoms with Crippen molar-refractivity contribution >= 4 is 487 Å². The highest BCUT2D eigenvalue weighted by Gasteiger charge is 2.89. The Morgan fingerprint density at radius 2 is 0.323 bits per heavy atom. The number of hydrogen-bond donors (Lipinski definition) is 0. The van der Waals surface area contributed by atoms with E-state index in [0.29, 0.717) is 0 Å². The Bertz CT molecular complexity index is 1770.